The van der Waals surface area contributed by atoms with Gasteiger partial charge < -0.3 is 19.9 Å². The summed E-state index contributed by atoms with van der Waals surface area (Å²) >= 11 is 0. The van der Waals surface area contributed by atoms with Crippen LogP contribution >= 0.6 is 12.4 Å². The van der Waals surface area contributed by atoms with E-state index in [1.807, 2.05) is 77.7 Å². The summed E-state index contributed by atoms with van der Waals surface area (Å²) in [6, 6.07) is 28.1. The number of ether oxygens (including phenoxy) is 1. The quantitative estimate of drug-likeness (QED) is 0.359. The van der Waals surface area contributed by atoms with Gasteiger partial charge in [0.05, 0.1) is 25.0 Å². The van der Waals surface area contributed by atoms with Gasteiger partial charge in [-0.3, -0.25) is 9.59 Å². The highest BCUT2D eigenvalue weighted by Crippen LogP contribution is 2.42. The average Bonchev–Trinajstić information content (AvgIpc) is 3.27. The van der Waals surface area contributed by atoms with Crippen LogP contribution in [-0.4, -0.2) is 54.9 Å². The summed E-state index contributed by atoms with van der Waals surface area (Å²) in [7, 11) is 1.67. The van der Waals surface area contributed by atoms with E-state index in [-0.39, 0.29) is 29.8 Å². The Morgan fingerprint density at radius 3 is 2.15 bits per heavy atom. The third kappa shape index (κ3) is 7.23. The van der Waals surface area contributed by atoms with E-state index in [4.69, 9.17) is 4.74 Å². The molecular weight excluding hydrogens is 522 g/mol. The molecule has 40 heavy (non-hydrogen) atoms. The third-order valence-corrected chi connectivity index (χ3v) is 8.43. The Morgan fingerprint density at radius 1 is 0.875 bits per heavy atom. The zero-order valence-corrected chi connectivity index (χ0v) is 24.1. The molecule has 6 nitrogen and oxygen atoms in total. The molecule has 0 radical (unpaired) electrons. The lowest BCUT2D eigenvalue weighted by atomic mass is 9.77. The van der Waals surface area contributed by atoms with Crippen molar-refractivity contribution in [2.75, 3.05) is 33.3 Å². The molecule has 2 aliphatic heterocycles. The van der Waals surface area contributed by atoms with E-state index in [2.05, 4.69) is 22.3 Å². The molecule has 2 amide bonds. The number of amides is 2. The van der Waals surface area contributed by atoms with Crippen LogP contribution in [0.1, 0.15) is 48.4 Å². The van der Waals surface area contributed by atoms with Gasteiger partial charge in [0, 0.05) is 19.6 Å². The predicted molar refractivity (Wildman–Crippen MR) is 160 cm³/mol. The molecule has 2 saturated heterocycles. The second kappa shape index (κ2) is 13.8. The Kier molecular flexibility index (Phi) is 10.2. The largest absolute Gasteiger partial charge is 0.497 e. The van der Waals surface area contributed by atoms with Crippen LogP contribution in [0.15, 0.2) is 84.9 Å². The van der Waals surface area contributed by atoms with Crippen molar-refractivity contribution in [2.45, 2.75) is 44.7 Å². The maximum absolute atomic E-state index is 13.5. The Morgan fingerprint density at radius 2 is 1.50 bits per heavy atom. The van der Waals surface area contributed by atoms with Gasteiger partial charge in [-0.25, -0.2) is 0 Å². The second-order valence-corrected chi connectivity index (χ2v) is 10.9. The van der Waals surface area contributed by atoms with Crippen molar-refractivity contribution < 1.29 is 14.3 Å². The minimum Gasteiger partial charge on any atom is -0.497 e. The smallest absolute Gasteiger partial charge is 0.229 e. The van der Waals surface area contributed by atoms with Gasteiger partial charge in [0.15, 0.2) is 0 Å². The molecule has 3 aromatic carbocycles. The van der Waals surface area contributed by atoms with Crippen LogP contribution in [0.4, 0.5) is 0 Å². The predicted octanol–water partition coefficient (Wildman–Crippen LogP) is 5.42. The lowest BCUT2D eigenvalue weighted by Crippen LogP contribution is -2.45. The molecule has 0 bridgehead atoms. The fourth-order valence-corrected chi connectivity index (χ4v) is 6.01. The van der Waals surface area contributed by atoms with Crippen molar-refractivity contribution in [1.29, 1.82) is 0 Å². The van der Waals surface area contributed by atoms with E-state index >= 15 is 0 Å². The highest BCUT2D eigenvalue weighted by atomic mass is 35.5. The first-order valence-electron chi connectivity index (χ1n) is 14.1. The van der Waals surface area contributed by atoms with Crippen molar-refractivity contribution in [1.82, 2.24) is 15.1 Å². The first kappa shape index (κ1) is 29.6. The fourth-order valence-electron chi connectivity index (χ4n) is 6.01. The first-order chi connectivity index (χ1) is 19.0. The van der Waals surface area contributed by atoms with E-state index < -0.39 is 0 Å². The number of halogens is 1. The number of hydrogen-bond donors (Lipinski definition) is 1. The molecule has 1 unspecified atom stereocenters. The molecule has 212 valence electrons. The van der Waals surface area contributed by atoms with Gasteiger partial charge in [-0.1, -0.05) is 72.8 Å². The lowest BCUT2D eigenvalue weighted by molar-refractivity contribution is -0.139. The molecule has 0 aromatic heterocycles. The van der Waals surface area contributed by atoms with Crippen LogP contribution in [-0.2, 0) is 22.6 Å². The summed E-state index contributed by atoms with van der Waals surface area (Å²) in [5.41, 5.74) is 3.07. The summed E-state index contributed by atoms with van der Waals surface area (Å²) in [6.07, 6.45) is 3.97. The number of nitrogens with one attached hydrogen (secondary N) is 1. The number of nitrogens with zero attached hydrogens (tertiary/aromatic N) is 2. The molecule has 2 aliphatic rings. The van der Waals surface area contributed by atoms with E-state index in [9.17, 15) is 9.59 Å². The monoisotopic (exact) mass is 561 g/mol. The number of hydrogen-bond acceptors (Lipinski definition) is 4. The summed E-state index contributed by atoms with van der Waals surface area (Å²) in [6.45, 7) is 4.22. The molecule has 5 rings (SSSR count). The van der Waals surface area contributed by atoms with Crippen molar-refractivity contribution in [3.05, 3.63) is 102 Å². The molecule has 1 atom stereocenters. The van der Waals surface area contributed by atoms with Crippen LogP contribution in [0.2, 0.25) is 0 Å². The summed E-state index contributed by atoms with van der Waals surface area (Å²) in [5, 5.41) is 3.28. The summed E-state index contributed by atoms with van der Waals surface area (Å²) in [5.74, 6) is 1.19. The van der Waals surface area contributed by atoms with E-state index in [1.165, 1.54) is 0 Å². The van der Waals surface area contributed by atoms with Gasteiger partial charge in [0.25, 0.3) is 0 Å². The lowest BCUT2D eigenvalue weighted by Gasteiger charge is -2.38. The van der Waals surface area contributed by atoms with Crippen LogP contribution in [0.25, 0.3) is 0 Å². The van der Waals surface area contributed by atoms with Gasteiger partial charge in [0.1, 0.15) is 5.75 Å². The minimum atomic E-state index is -0.217. The number of carbonyl (C=O) groups excluding carboxylic acids is 2. The molecule has 0 aliphatic carbocycles. The first-order valence-corrected chi connectivity index (χ1v) is 14.1. The number of methoxy groups -OCH3 is 1. The molecule has 2 heterocycles. The Labute approximate surface area is 244 Å². The normalized spacial score (nSPS) is 17.3. The molecule has 1 spiro atoms. The standard InChI is InChI=1S/C33H39N3O3.ClH/c1-39-29-14-12-27(13-15-29)25-36-23-19-33(32(36)38)17-21-35(22-18-33)20-16-30(28-10-6-3-7-11-28)34-31(37)24-26-8-4-2-5-9-26;/h2-15,30H,16-25H2,1H3,(H,34,37);1H. The number of piperidine rings is 1. The van der Waals surface area contributed by atoms with Crippen molar-refractivity contribution in [2.24, 2.45) is 5.41 Å². The second-order valence-electron chi connectivity index (χ2n) is 10.9. The van der Waals surface area contributed by atoms with Crippen molar-refractivity contribution >= 4 is 24.2 Å². The number of carbonyl (C=O) groups is 2. The average molecular weight is 562 g/mol. The Hall–Kier alpha value is -3.35. The zero-order chi connectivity index (χ0) is 27.1. The SMILES string of the molecule is COc1ccc(CN2CCC3(CCN(CCC(NC(=O)Cc4ccccc4)c4ccccc4)CC3)C2=O)cc1.Cl. The number of likely N-dealkylation sites (tertiary alicyclic amines) is 2. The zero-order valence-electron chi connectivity index (χ0n) is 23.3. The number of rotatable bonds is 10. The topological polar surface area (TPSA) is 61.9 Å². The van der Waals surface area contributed by atoms with Crippen molar-refractivity contribution in [3.63, 3.8) is 0 Å². The van der Waals surface area contributed by atoms with E-state index in [0.717, 1.165) is 74.3 Å². The van der Waals surface area contributed by atoms with Crippen molar-refractivity contribution in [3.8, 4) is 5.75 Å². The molecule has 2 fully saturated rings. The van der Waals surface area contributed by atoms with Crippen LogP contribution in [0, 0.1) is 5.41 Å². The van der Waals surface area contributed by atoms with Crippen LogP contribution in [0.3, 0.4) is 0 Å². The highest BCUT2D eigenvalue weighted by molar-refractivity contribution is 5.85. The van der Waals surface area contributed by atoms with Gasteiger partial charge in [0.2, 0.25) is 11.8 Å². The van der Waals surface area contributed by atoms with E-state index in [0.29, 0.717) is 18.9 Å². The Balaban J connectivity index is 0.00000370. The maximum Gasteiger partial charge on any atom is 0.229 e. The fraction of sp³-hybridized carbons (Fsp3) is 0.394. The maximum atomic E-state index is 13.5. The molecular formula is C33H40ClN3O3. The minimum absolute atomic E-state index is 0. The van der Waals surface area contributed by atoms with E-state index in [1.54, 1.807) is 7.11 Å². The van der Waals surface area contributed by atoms with Gasteiger partial charge in [-0.15, -0.1) is 12.4 Å². The molecule has 3 aromatic rings. The van der Waals surface area contributed by atoms with Gasteiger partial charge in [-0.2, -0.15) is 0 Å². The third-order valence-electron chi connectivity index (χ3n) is 8.43. The molecule has 0 saturated carbocycles. The van der Waals surface area contributed by atoms with Crippen LogP contribution in [0.5, 0.6) is 5.75 Å². The highest BCUT2D eigenvalue weighted by Gasteiger charge is 2.47. The summed E-state index contributed by atoms with van der Waals surface area (Å²) in [4.78, 5) is 30.8. The molecule has 1 N–H and O–H groups in total. The van der Waals surface area contributed by atoms with Gasteiger partial charge >= 0.3 is 0 Å². The number of benzene rings is 3. The molecule has 7 heteroatoms. The van der Waals surface area contributed by atoms with Crippen LogP contribution < -0.4 is 10.1 Å². The van der Waals surface area contributed by atoms with Gasteiger partial charge in [-0.05, 0) is 67.6 Å². The summed E-state index contributed by atoms with van der Waals surface area (Å²) < 4.78 is 5.26. The Bertz CT molecular complexity index is 1230.